The van der Waals surface area contributed by atoms with Crippen molar-refractivity contribution >= 4 is 16.9 Å². The Morgan fingerprint density at radius 1 is 1.38 bits per heavy atom. The fraction of sp³-hybridized carbons (Fsp3) is 0.250. The minimum atomic E-state index is -0.591. The highest BCUT2D eigenvalue weighted by molar-refractivity contribution is 5.83. The van der Waals surface area contributed by atoms with Gasteiger partial charge in [0.2, 0.25) is 0 Å². The van der Waals surface area contributed by atoms with E-state index in [-0.39, 0.29) is 29.9 Å². The van der Waals surface area contributed by atoms with E-state index in [1.165, 1.54) is 10.9 Å². The fourth-order valence-corrected chi connectivity index (χ4v) is 1.47. The van der Waals surface area contributed by atoms with Crippen LogP contribution in [0.25, 0.3) is 11.0 Å². The van der Waals surface area contributed by atoms with Gasteiger partial charge in [0.25, 0.3) is 5.56 Å². The Balaban J connectivity index is 2.96. The van der Waals surface area contributed by atoms with Crippen molar-refractivity contribution in [2.24, 2.45) is 5.73 Å². The summed E-state index contributed by atoms with van der Waals surface area (Å²) in [5.74, 6) is 0.0389. The number of rotatable bonds is 2. The molecule has 0 atom stereocenters. The minimum Gasteiger partial charge on any atom is -0.383 e. The summed E-state index contributed by atoms with van der Waals surface area (Å²) < 4.78 is 1.26. The van der Waals surface area contributed by atoms with Crippen molar-refractivity contribution in [3.05, 3.63) is 27.2 Å². The first-order chi connectivity index (χ1) is 7.65. The van der Waals surface area contributed by atoms with Crippen LogP contribution in [0.1, 0.15) is 0 Å². The average molecular weight is 222 g/mol. The number of nitrogens with two attached hydrogens (primary N) is 2. The molecule has 2 rings (SSSR count). The Morgan fingerprint density at radius 3 is 2.81 bits per heavy atom. The van der Waals surface area contributed by atoms with Gasteiger partial charge in [0, 0.05) is 13.1 Å². The van der Waals surface area contributed by atoms with Crippen molar-refractivity contribution in [1.29, 1.82) is 0 Å². The summed E-state index contributed by atoms with van der Waals surface area (Å²) in [5, 5.41) is 0.107. The van der Waals surface area contributed by atoms with Crippen LogP contribution in [0.4, 0.5) is 5.82 Å². The van der Waals surface area contributed by atoms with Gasteiger partial charge in [0.05, 0.1) is 0 Å². The summed E-state index contributed by atoms with van der Waals surface area (Å²) in [6.45, 7) is 0.507. The first-order valence-corrected chi connectivity index (χ1v) is 4.58. The monoisotopic (exact) mass is 222 g/mol. The molecule has 0 aliphatic heterocycles. The molecule has 0 fully saturated rings. The first kappa shape index (κ1) is 10.3. The molecule has 2 aromatic rings. The molecule has 0 radical (unpaired) electrons. The van der Waals surface area contributed by atoms with Crippen LogP contribution in [-0.2, 0) is 6.54 Å². The third-order valence-corrected chi connectivity index (χ3v) is 2.16. The van der Waals surface area contributed by atoms with E-state index < -0.39 is 11.2 Å². The maximum atomic E-state index is 11.5. The highest BCUT2D eigenvalue weighted by atomic mass is 16.2. The molecular weight excluding hydrogens is 212 g/mol. The average Bonchev–Trinajstić information content (AvgIpc) is 2.23. The summed E-state index contributed by atoms with van der Waals surface area (Å²) in [7, 11) is 0. The Kier molecular flexibility index (Phi) is 2.41. The predicted octanol–water partition coefficient (Wildman–Crippen LogP) is -1.98. The highest BCUT2D eigenvalue weighted by Crippen LogP contribution is 2.08. The molecule has 0 unspecified atom stereocenters. The number of aromatic amines is 1. The van der Waals surface area contributed by atoms with Crippen LogP contribution in [0.15, 0.2) is 15.9 Å². The van der Waals surface area contributed by atoms with Gasteiger partial charge in [-0.15, -0.1) is 0 Å². The maximum absolute atomic E-state index is 11.5. The van der Waals surface area contributed by atoms with Crippen LogP contribution in [0, 0.1) is 0 Å². The molecular formula is C8H10N6O2. The van der Waals surface area contributed by atoms with Crippen molar-refractivity contribution in [1.82, 2.24) is 19.5 Å². The molecule has 2 heterocycles. The molecule has 8 nitrogen and oxygen atoms in total. The molecule has 16 heavy (non-hydrogen) atoms. The molecule has 2 aromatic heterocycles. The maximum Gasteiger partial charge on any atom is 0.330 e. The number of anilines is 1. The van der Waals surface area contributed by atoms with Gasteiger partial charge in [-0.25, -0.2) is 14.8 Å². The Bertz CT molecular complexity index is 643. The molecule has 0 spiro atoms. The summed E-state index contributed by atoms with van der Waals surface area (Å²) in [5.41, 5.74) is 9.98. The number of H-pyrrole nitrogens is 1. The van der Waals surface area contributed by atoms with E-state index in [9.17, 15) is 9.59 Å². The molecule has 0 saturated heterocycles. The number of hydrogen-bond donors (Lipinski definition) is 3. The van der Waals surface area contributed by atoms with E-state index in [0.717, 1.165) is 0 Å². The zero-order chi connectivity index (χ0) is 11.7. The Morgan fingerprint density at radius 2 is 2.12 bits per heavy atom. The lowest BCUT2D eigenvalue weighted by Gasteiger charge is -2.07. The van der Waals surface area contributed by atoms with E-state index in [0.29, 0.717) is 0 Å². The summed E-state index contributed by atoms with van der Waals surface area (Å²) in [4.78, 5) is 32.7. The lowest BCUT2D eigenvalue weighted by molar-refractivity contribution is 0.675. The highest BCUT2D eigenvalue weighted by Gasteiger charge is 2.10. The molecule has 5 N–H and O–H groups in total. The molecule has 0 amide bonds. The van der Waals surface area contributed by atoms with Gasteiger partial charge < -0.3 is 11.5 Å². The van der Waals surface area contributed by atoms with Crippen LogP contribution in [0.3, 0.4) is 0 Å². The van der Waals surface area contributed by atoms with Gasteiger partial charge in [0.15, 0.2) is 5.65 Å². The summed E-state index contributed by atoms with van der Waals surface area (Å²) in [6, 6.07) is 0. The van der Waals surface area contributed by atoms with Gasteiger partial charge in [-0.2, -0.15) is 0 Å². The molecule has 0 aliphatic carbocycles. The van der Waals surface area contributed by atoms with E-state index in [2.05, 4.69) is 15.0 Å². The molecule has 0 aliphatic rings. The number of aromatic nitrogens is 4. The molecule has 0 bridgehead atoms. The number of nitrogens with one attached hydrogen (secondary N) is 1. The van der Waals surface area contributed by atoms with Crippen molar-refractivity contribution in [2.75, 3.05) is 12.3 Å². The quantitative estimate of drug-likeness (QED) is 0.539. The first-order valence-electron chi connectivity index (χ1n) is 4.58. The molecule has 8 heteroatoms. The molecule has 84 valence electrons. The number of nitrogen functional groups attached to an aromatic ring is 1. The van der Waals surface area contributed by atoms with Crippen molar-refractivity contribution < 1.29 is 0 Å². The Hall–Kier alpha value is -2.22. The summed E-state index contributed by atoms with van der Waals surface area (Å²) in [6.07, 6.45) is 1.20. The van der Waals surface area contributed by atoms with Crippen molar-refractivity contribution in [2.45, 2.75) is 6.54 Å². The van der Waals surface area contributed by atoms with Gasteiger partial charge in [-0.05, 0) is 0 Å². The second-order valence-electron chi connectivity index (χ2n) is 3.16. The van der Waals surface area contributed by atoms with Crippen LogP contribution in [0.2, 0.25) is 0 Å². The topological polar surface area (TPSA) is 133 Å². The van der Waals surface area contributed by atoms with Crippen LogP contribution in [-0.4, -0.2) is 26.1 Å². The van der Waals surface area contributed by atoms with Crippen LogP contribution < -0.4 is 22.7 Å². The number of fused-ring (bicyclic) bond motifs is 1. The minimum absolute atomic E-state index is 0.0389. The molecule has 0 aromatic carbocycles. The summed E-state index contributed by atoms with van der Waals surface area (Å²) >= 11 is 0. The third-order valence-electron chi connectivity index (χ3n) is 2.16. The van der Waals surface area contributed by atoms with Gasteiger partial charge in [-0.1, -0.05) is 0 Å². The van der Waals surface area contributed by atoms with Gasteiger partial charge >= 0.3 is 5.69 Å². The number of hydrogen-bond acceptors (Lipinski definition) is 6. The van der Waals surface area contributed by atoms with E-state index in [4.69, 9.17) is 11.5 Å². The normalized spacial score (nSPS) is 10.8. The van der Waals surface area contributed by atoms with Gasteiger partial charge in [-0.3, -0.25) is 14.3 Å². The largest absolute Gasteiger partial charge is 0.383 e. The van der Waals surface area contributed by atoms with E-state index in [1.807, 2.05) is 0 Å². The van der Waals surface area contributed by atoms with Crippen LogP contribution >= 0.6 is 0 Å². The standard InChI is InChI=1S/C8H10N6O2/c9-1-2-14-6-4(5(10)11-3-12-6)7(15)13-8(14)16/h3H,1-2,9H2,(H2,10,11,12)(H,13,15,16). The third kappa shape index (κ3) is 1.44. The van der Waals surface area contributed by atoms with E-state index >= 15 is 0 Å². The predicted molar refractivity (Wildman–Crippen MR) is 57.9 cm³/mol. The smallest absolute Gasteiger partial charge is 0.330 e. The lowest BCUT2D eigenvalue weighted by atomic mass is 10.3. The fourth-order valence-electron chi connectivity index (χ4n) is 1.47. The van der Waals surface area contributed by atoms with Crippen molar-refractivity contribution in [3.63, 3.8) is 0 Å². The zero-order valence-corrected chi connectivity index (χ0v) is 8.30. The van der Waals surface area contributed by atoms with Gasteiger partial charge in [0.1, 0.15) is 17.5 Å². The zero-order valence-electron chi connectivity index (χ0n) is 8.30. The second kappa shape index (κ2) is 3.74. The lowest BCUT2D eigenvalue weighted by Crippen LogP contribution is -2.33. The van der Waals surface area contributed by atoms with Crippen LogP contribution in [0.5, 0.6) is 0 Å². The second-order valence-corrected chi connectivity index (χ2v) is 3.16. The van der Waals surface area contributed by atoms with Crippen molar-refractivity contribution in [3.8, 4) is 0 Å². The number of nitrogens with zero attached hydrogens (tertiary/aromatic N) is 3. The van der Waals surface area contributed by atoms with E-state index in [1.54, 1.807) is 0 Å². The SMILES string of the molecule is NCCn1c(=O)[nH]c(=O)c2c(N)ncnc21. The molecule has 0 saturated carbocycles. The Labute approximate surface area is 88.9 Å².